The van der Waals surface area contributed by atoms with Gasteiger partial charge >= 0.3 is 51.4 Å². The van der Waals surface area contributed by atoms with Gasteiger partial charge in [-0.25, -0.2) is 0 Å². The van der Waals surface area contributed by atoms with Crippen LogP contribution in [0.1, 0.15) is 0 Å². The Morgan fingerprint density at radius 3 is 1.92 bits per heavy atom. The molecule has 12 heavy (non-hydrogen) atoms. The summed E-state index contributed by atoms with van der Waals surface area (Å²) in [5.41, 5.74) is 0. The number of aliphatic hydroxyl groups is 2. The molecule has 0 radical (unpaired) electrons. The SMILES string of the molecule is O=C([O-])CN(CCO)CCO.[K+]. The normalized spacial score (nSPS) is 9.58. The van der Waals surface area contributed by atoms with E-state index in [1.165, 1.54) is 4.90 Å². The third-order valence-corrected chi connectivity index (χ3v) is 1.19. The van der Waals surface area contributed by atoms with Crippen LogP contribution in [0.15, 0.2) is 0 Å². The fraction of sp³-hybridized carbons (Fsp3) is 0.833. The molecule has 0 atom stereocenters. The Bertz CT molecular complexity index is 116. The van der Waals surface area contributed by atoms with Gasteiger partial charge in [0.15, 0.2) is 0 Å². The van der Waals surface area contributed by atoms with E-state index in [1.807, 2.05) is 0 Å². The molecule has 0 aliphatic heterocycles. The minimum atomic E-state index is -1.20. The van der Waals surface area contributed by atoms with Crippen molar-refractivity contribution in [1.29, 1.82) is 0 Å². The van der Waals surface area contributed by atoms with Crippen molar-refractivity contribution < 1.29 is 71.5 Å². The zero-order valence-corrected chi connectivity index (χ0v) is 10.3. The first-order valence-electron chi connectivity index (χ1n) is 3.34. The van der Waals surface area contributed by atoms with E-state index in [0.717, 1.165) is 0 Å². The van der Waals surface area contributed by atoms with Crippen molar-refractivity contribution in [1.82, 2.24) is 4.90 Å². The Morgan fingerprint density at radius 2 is 1.67 bits per heavy atom. The molecule has 0 aromatic rings. The van der Waals surface area contributed by atoms with Gasteiger partial charge in [-0.3, -0.25) is 4.90 Å². The Labute approximate surface area is 114 Å². The zero-order chi connectivity index (χ0) is 8.69. The molecule has 0 aromatic carbocycles. The van der Waals surface area contributed by atoms with Crippen LogP contribution in [0.5, 0.6) is 0 Å². The summed E-state index contributed by atoms with van der Waals surface area (Å²) < 4.78 is 0. The molecule has 0 saturated heterocycles. The summed E-state index contributed by atoms with van der Waals surface area (Å²) in [6.45, 7) is 0.00472. The van der Waals surface area contributed by atoms with Gasteiger partial charge in [-0.15, -0.1) is 0 Å². The number of carboxylic acids is 1. The quantitative estimate of drug-likeness (QED) is 0.418. The van der Waals surface area contributed by atoms with Crippen LogP contribution < -0.4 is 56.5 Å². The van der Waals surface area contributed by atoms with E-state index >= 15 is 0 Å². The minimum absolute atomic E-state index is 0. The van der Waals surface area contributed by atoms with Crippen molar-refractivity contribution in [3.05, 3.63) is 0 Å². The predicted octanol–water partition coefficient (Wildman–Crippen LogP) is -5.97. The topological polar surface area (TPSA) is 83.8 Å². The molecule has 0 saturated carbocycles. The summed E-state index contributed by atoms with van der Waals surface area (Å²) >= 11 is 0. The molecule has 0 fully saturated rings. The van der Waals surface area contributed by atoms with Crippen LogP contribution in [0.4, 0.5) is 0 Å². The fourth-order valence-electron chi connectivity index (χ4n) is 0.735. The molecule has 0 aromatic heterocycles. The summed E-state index contributed by atoms with van der Waals surface area (Å²) in [6, 6.07) is 0. The van der Waals surface area contributed by atoms with Gasteiger partial charge in [0.05, 0.1) is 19.2 Å². The van der Waals surface area contributed by atoms with Gasteiger partial charge in [-0.1, -0.05) is 0 Å². The van der Waals surface area contributed by atoms with E-state index in [1.54, 1.807) is 0 Å². The molecule has 0 heterocycles. The number of hydrogen-bond acceptors (Lipinski definition) is 5. The Morgan fingerprint density at radius 1 is 1.25 bits per heavy atom. The Balaban J connectivity index is 0. The minimum Gasteiger partial charge on any atom is -0.549 e. The van der Waals surface area contributed by atoms with E-state index in [4.69, 9.17) is 10.2 Å². The maximum atomic E-state index is 10.0. The monoisotopic (exact) mass is 201 g/mol. The molecule has 6 heteroatoms. The van der Waals surface area contributed by atoms with Crippen molar-refractivity contribution in [3.8, 4) is 0 Å². The Kier molecular flexibility index (Phi) is 13.0. The summed E-state index contributed by atoms with van der Waals surface area (Å²) in [7, 11) is 0. The molecule has 0 spiro atoms. The van der Waals surface area contributed by atoms with Crippen LogP contribution in [0.3, 0.4) is 0 Å². The molecular weight excluding hydrogens is 189 g/mol. The first kappa shape index (κ1) is 15.5. The number of hydrogen-bond donors (Lipinski definition) is 2. The van der Waals surface area contributed by atoms with E-state index in [0.29, 0.717) is 0 Å². The van der Waals surface area contributed by atoms with Crippen LogP contribution in [0.2, 0.25) is 0 Å². The second-order valence-corrected chi connectivity index (χ2v) is 2.10. The van der Waals surface area contributed by atoms with Gasteiger partial charge in [0, 0.05) is 19.6 Å². The second-order valence-electron chi connectivity index (χ2n) is 2.10. The number of aliphatic carboxylic acids is 1. The smallest absolute Gasteiger partial charge is 0.549 e. The number of carboxylic acid groups (broad SMARTS) is 1. The zero-order valence-electron chi connectivity index (χ0n) is 7.19. The van der Waals surface area contributed by atoms with Crippen molar-refractivity contribution in [2.24, 2.45) is 0 Å². The predicted molar refractivity (Wildman–Crippen MR) is 35.6 cm³/mol. The van der Waals surface area contributed by atoms with E-state index in [-0.39, 0.29) is 84.2 Å². The van der Waals surface area contributed by atoms with Crippen molar-refractivity contribution >= 4 is 5.97 Å². The van der Waals surface area contributed by atoms with Gasteiger partial charge in [0.25, 0.3) is 0 Å². The number of aliphatic hydroxyl groups excluding tert-OH is 2. The molecule has 0 amide bonds. The molecule has 0 rings (SSSR count). The van der Waals surface area contributed by atoms with Crippen LogP contribution in [-0.4, -0.2) is 53.9 Å². The second kappa shape index (κ2) is 10.1. The van der Waals surface area contributed by atoms with Crippen LogP contribution in [-0.2, 0) is 4.79 Å². The number of nitrogens with zero attached hydrogens (tertiary/aromatic N) is 1. The maximum Gasteiger partial charge on any atom is 1.00 e. The Hall–Kier alpha value is 0.986. The van der Waals surface area contributed by atoms with Gasteiger partial charge < -0.3 is 20.1 Å². The summed E-state index contributed by atoms with van der Waals surface area (Å²) in [5.74, 6) is -1.20. The first-order chi connectivity index (χ1) is 5.20. The van der Waals surface area contributed by atoms with E-state index < -0.39 is 5.97 Å². The van der Waals surface area contributed by atoms with E-state index in [9.17, 15) is 9.90 Å². The molecule has 0 bridgehead atoms. The number of rotatable bonds is 6. The average Bonchev–Trinajstić information content (AvgIpc) is 1.87. The average molecular weight is 201 g/mol. The molecule has 0 unspecified atom stereocenters. The summed E-state index contributed by atoms with van der Waals surface area (Å²) in [4.78, 5) is 11.4. The number of carbonyl (C=O) groups is 1. The van der Waals surface area contributed by atoms with Crippen LogP contribution in [0.25, 0.3) is 0 Å². The van der Waals surface area contributed by atoms with Crippen molar-refractivity contribution in [3.63, 3.8) is 0 Å². The van der Waals surface area contributed by atoms with Crippen molar-refractivity contribution in [2.45, 2.75) is 0 Å². The summed E-state index contributed by atoms with van der Waals surface area (Å²) in [6.07, 6.45) is 0. The van der Waals surface area contributed by atoms with Gasteiger partial charge in [-0.05, 0) is 0 Å². The summed E-state index contributed by atoms with van der Waals surface area (Å²) in [5, 5.41) is 26.9. The third kappa shape index (κ3) is 9.08. The maximum absolute atomic E-state index is 10.0. The molecule has 66 valence electrons. The number of carbonyl (C=O) groups excluding carboxylic acids is 1. The molecule has 0 aliphatic carbocycles. The van der Waals surface area contributed by atoms with Gasteiger partial charge in [-0.2, -0.15) is 0 Å². The van der Waals surface area contributed by atoms with E-state index in [2.05, 4.69) is 0 Å². The van der Waals surface area contributed by atoms with Gasteiger partial charge in [0.1, 0.15) is 0 Å². The third-order valence-electron chi connectivity index (χ3n) is 1.19. The van der Waals surface area contributed by atoms with Gasteiger partial charge in [0.2, 0.25) is 0 Å². The standard InChI is InChI=1S/C6H13NO4.K/c8-3-1-7(2-4-9)5-6(10)11;/h8-9H,1-5H2,(H,10,11);/q;+1/p-1. The molecular formula is C6H12KNO4. The molecule has 5 nitrogen and oxygen atoms in total. The fourth-order valence-corrected chi connectivity index (χ4v) is 0.735. The molecule has 0 aliphatic rings. The van der Waals surface area contributed by atoms with Crippen molar-refractivity contribution in [2.75, 3.05) is 32.8 Å². The molecule has 2 N–H and O–H groups in total. The van der Waals surface area contributed by atoms with Crippen LogP contribution >= 0.6 is 0 Å². The van der Waals surface area contributed by atoms with Crippen LogP contribution in [0, 0.1) is 0 Å². The first-order valence-corrected chi connectivity index (χ1v) is 3.34. The largest absolute Gasteiger partial charge is 1.00 e.